The Bertz CT molecular complexity index is 707. The van der Waals surface area contributed by atoms with Crippen molar-refractivity contribution in [3.8, 4) is 5.75 Å². The number of halogens is 2. The maximum absolute atomic E-state index is 13.4. The molecule has 22 heavy (non-hydrogen) atoms. The van der Waals surface area contributed by atoms with Crippen molar-refractivity contribution in [3.05, 3.63) is 63.7 Å². The molecule has 0 aliphatic rings. The van der Waals surface area contributed by atoms with Gasteiger partial charge in [0.2, 0.25) is 0 Å². The molecule has 0 amide bonds. The molecule has 1 N–H and O–H groups in total. The third-order valence-electron chi connectivity index (χ3n) is 3.19. The summed E-state index contributed by atoms with van der Waals surface area (Å²) in [7, 11) is 1.44. The third-order valence-corrected chi connectivity index (χ3v) is 3.19. The van der Waals surface area contributed by atoms with Crippen LogP contribution in [0.4, 0.5) is 20.2 Å². The lowest BCUT2D eigenvalue weighted by Crippen LogP contribution is -2.10. The van der Waals surface area contributed by atoms with Gasteiger partial charge in [-0.2, -0.15) is 0 Å². The highest BCUT2D eigenvalue weighted by Gasteiger charge is 2.19. The van der Waals surface area contributed by atoms with Gasteiger partial charge in [0.15, 0.2) is 0 Å². The van der Waals surface area contributed by atoms with Crippen LogP contribution in [0.1, 0.15) is 18.5 Å². The summed E-state index contributed by atoms with van der Waals surface area (Å²) in [6.45, 7) is 1.67. The molecule has 2 rings (SSSR count). The maximum atomic E-state index is 13.4. The number of nitro benzene ring substituents is 1. The van der Waals surface area contributed by atoms with Crippen molar-refractivity contribution in [3.63, 3.8) is 0 Å². The molecule has 0 saturated carbocycles. The van der Waals surface area contributed by atoms with Gasteiger partial charge in [0.25, 0.3) is 5.69 Å². The fourth-order valence-corrected chi connectivity index (χ4v) is 2.14. The van der Waals surface area contributed by atoms with Crippen molar-refractivity contribution in [1.82, 2.24) is 0 Å². The summed E-state index contributed by atoms with van der Waals surface area (Å²) in [6.07, 6.45) is 0. The average molecular weight is 308 g/mol. The Morgan fingerprint density at radius 3 is 2.45 bits per heavy atom. The molecule has 0 bridgehead atoms. The summed E-state index contributed by atoms with van der Waals surface area (Å²) in [5.41, 5.74) is 0.230. The van der Waals surface area contributed by atoms with Crippen molar-refractivity contribution in [2.24, 2.45) is 0 Å². The second-order valence-electron chi connectivity index (χ2n) is 4.67. The lowest BCUT2D eigenvalue weighted by atomic mass is 10.1. The summed E-state index contributed by atoms with van der Waals surface area (Å²) in [6, 6.07) is 6.57. The number of anilines is 1. The van der Waals surface area contributed by atoms with Crippen LogP contribution >= 0.6 is 0 Å². The summed E-state index contributed by atoms with van der Waals surface area (Å²) in [4.78, 5) is 10.4. The predicted octanol–water partition coefficient (Wildman–Crippen LogP) is 4.05. The smallest absolute Gasteiger partial charge is 0.292 e. The maximum Gasteiger partial charge on any atom is 0.292 e. The van der Waals surface area contributed by atoms with Crippen molar-refractivity contribution >= 4 is 11.4 Å². The lowest BCUT2D eigenvalue weighted by molar-refractivity contribution is -0.384. The van der Waals surface area contributed by atoms with Crippen LogP contribution in [0.3, 0.4) is 0 Å². The fourth-order valence-electron chi connectivity index (χ4n) is 2.14. The first-order valence-electron chi connectivity index (χ1n) is 6.46. The molecule has 0 aromatic heterocycles. The minimum atomic E-state index is -0.614. The molecule has 0 spiro atoms. The van der Waals surface area contributed by atoms with E-state index in [2.05, 4.69) is 5.32 Å². The SMILES string of the molecule is COc1ccc(F)cc1C(C)Nc1cc(F)ccc1[N+](=O)[O-]. The molecular formula is C15H14F2N2O3. The Morgan fingerprint density at radius 1 is 1.18 bits per heavy atom. The number of benzene rings is 2. The van der Waals surface area contributed by atoms with E-state index in [1.54, 1.807) is 6.92 Å². The standard InChI is InChI=1S/C15H14F2N2O3/c1-9(12-7-10(16)4-6-15(12)22-2)18-13-8-11(17)3-5-14(13)19(20)21/h3-9,18H,1-2H3. The first kappa shape index (κ1) is 15.7. The van der Waals surface area contributed by atoms with Crippen LogP contribution in [0.2, 0.25) is 0 Å². The fraction of sp³-hybridized carbons (Fsp3) is 0.200. The van der Waals surface area contributed by atoms with Gasteiger partial charge < -0.3 is 10.1 Å². The van der Waals surface area contributed by atoms with E-state index < -0.39 is 22.6 Å². The minimum absolute atomic E-state index is 0.0174. The Hall–Kier alpha value is -2.70. The summed E-state index contributed by atoms with van der Waals surface area (Å²) in [5.74, 6) is -0.634. The molecule has 116 valence electrons. The van der Waals surface area contributed by atoms with E-state index in [1.807, 2.05) is 0 Å². The summed E-state index contributed by atoms with van der Waals surface area (Å²) in [5, 5.41) is 13.8. The molecule has 0 aliphatic heterocycles. The summed E-state index contributed by atoms with van der Waals surface area (Å²) >= 11 is 0. The quantitative estimate of drug-likeness (QED) is 0.668. The van der Waals surface area contributed by atoms with E-state index in [4.69, 9.17) is 4.74 Å². The van der Waals surface area contributed by atoms with Gasteiger partial charge in [-0.15, -0.1) is 0 Å². The number of rotatable bonds is 5. The highest BCUT2D eigenvalue weighted by molar-refractivity contribution is 5.62. The van der Waals surface area contributed by atoms with Crippen molar-refractivity contribution in [2.75, 3.05) is 12.4 Å². The third kappa shape index (κ3) is 3.30. The number of hydrogen-bond donors (Lipinski definition) is 1. The zero-order valence-electron chi connectivity index (χ0n) is 12.0. The lowest BCUT2D eigenvalue weighted by Gasteiger charge is -2.18. The van der Waals surface area contributed by atoms with Crippen LogP contribution in [0.25, 0.3) is 0 Å². The molecule has 7 heteroatoms. The van der Waals surface area contributed by atoms with Gasteiger partial charge in [0.05, 0.1) is 18.1 Å². The molecule has 0 aliphatic carbocycles. The number of hydrogen-bond acceptors (Lipinski definition) is 4. The Labute approximate surface area is 125 Å². The first-order valence-corrected chi connectivity index (χ1v) is 6.46. The Balaban J connectivity index is 2.37. The molecule has 2 aromatic carbocycles. The molecule has 2 aromatic rings. The first-order chi connectivity index (χ1) is 10.4. The van der Waals surface area contributed by atoms with Gasteiger partial charge in [-0.1, -0.05) is 0 Å². The van der Waals surface area contributed by atoms with E-state index in [1.165, 1.54) is 25.3 Å². The van der Waals surface area contributed by atoms with Crippen LogP contribution < -0.4 is 10.1 Å². The van der Waals surface area contributed by atoms with Gasteiger partial charge in [0.1, 0.15) is 23.1 Å². The van der Waals surface area contributed by atoms with E-state index in [-0.39, 0.29) is 11.4 Å². The van der Waals surface area contributed by atoms with Crippen molar-refractivity contribution < 1.29 is 18.4 Å². The van der Waals surface area contributed by atoms with Crippen LogP contribution in [0, 0.1) is 21.7 Å². The zero-order valence-corrected chi connectivity index (χ0v) is 12.0. The van der Waals surface area contributed by atoms with E-state index >= 15 is 0 Å². The van der Waals surface area contributed by atoms with Gasteiger partial charge >= 0.3 is 0 Å². The molecule has 5 nitrogen and oxygen atoms in total. The Kier molecular flexibility index (Phi) is 4.55. The normalized spacial score (nSPS) is 11.8. The van der Waals surface area contributed by atoms with Crippen molar-refractivity contribution in [1.29, 1.82) is 0 Å². The van der Waals surface area contributed by atoms with Crippen LogP contribution in [0.15, 0.2) is 36.4 Å². The highest BCUT2D eigenvalue weighted by Crippen LogP contribution is 2.32. The van der Waals surface area contributed by atoms with E-state index in [0.29, 0.717) is 11.3 Å². The van der Waals surface area contributed by atoms with Gasteiger partial charge in [0, 0.05) is 17.7 Å². The monoisotopic (exact) mass is 308 g/mol. The summed E-state index contributed by atoms with van der Waals surface area (Å²) < 4.78 is 31.9. The second-order valence-corrected chi connectivity index (χ2v) is 4.67. The largest absolute Gasteiger partial charge is 0.496 e. The number of nitrogens with zero attached hydrogens (tertiary/aromatic N) is 1. The molecule has 0 fully saturated rings. The number of methoxy groups -OCH3 is 1. The second kappa shape index (κ2) is 6.38. The molecule has 1 atom stereocenters. The number of nitrogens with one attached hydrogen (secondary N) is 1. The molecular weight excluding hydrogens is 294 g/mol. The minimum Gasteiger partial charge on any atom is -0.496 e. The molecule has 0 radical (unpaired) electrons. The topological polar surface area (TPSA) is 64.4 Å². The Morgan fingerprint density at radius 2 is 1.82 bits per heavy atom. The van der Waals surface area contributed by atoms with Crippen LogP contribution in [0.5, 0.6) is 5.75 Å². The molecule has 0 heterocycles. The van der Waals surface area contributed by atoms with Crippen LogP contribution in [-0.4, -0.2) is 12.0 Å². The number of nitro groups is 1. The van der Waals surface area contributed by atoms with Gasteiger partial charge in [-0.25, -0.2) is 8.78 Å². The molecule has 1 unspecified atom stereocenters. The van der Waals surface area contributed by atoms with E-state index in [0.717, 1.165) is 18.2 Å². The van der Waals surface area contributed by atoms with E-state index in [9.17, 15) is 18.9 Å². The van der Waals surface area contributed by atoms with Crippen LogP contribution in [-0.2, 0) is 0 Å². The predicted molar refractivity (Wildman–Crippen MR) is 78.0 cm³/mol. The van der Waals surface area contributed by atoms with Crippen molar-refractivity contribution in [2.45, 2.75) is 13.0 Å². The van der Waals surface area contributed by atoms with Gasteiger partial charge in [-0.05, 0) is 31.2 Å². The average Bonchev–Trinajstić information content (AvgIpc) is 2.46. The van der Waals surface area contributed by atoms with Gasteiger partial charge in [-0.3, -0.25) is 10.1 Å². The highest BCUT2D eigenvalue weighted by atomic mass is 19.1. The zero-order chi connectivity index (χ0) is 16.3. The molecule has 0 saturated heterocycles. The number of ether oxygens (including phenoxy) is 1.